The molecule has 2 aromatic carbocycles. The summed E-state index contributed by atoms with van der Waals surface area (Å²) in [5, 5.41) is 5.20. The minimum Gasteiger partial charge on any atom is -0.301 e. The van der Waals surface area contributed by atoms with Crippen LogP contribution in [0.15, 0.2) is 76.3 Å². The maximum atomic E-state index is 13.4. The highest BCUT2D eigenvalue weighted by Crippen LogP contribution is 2.34. The minimum absolute atomic E-state index is 0.271. The maximum Gasteiger partial charge on any atom is 0.253 e. The predicted octanol–water partition coefficient (Wildman–Crippen LogP) is 6.67. The molecule has 5 rings (SSSR count). The number of aromatic nitrogens is 1. The van der Waals surface area contributed by atoms with E-state index in [0.717, 1.165) is 52.9 Å². The van der Waals surface area contributed by atoms with Crippen LogP contribution in [0.3, 0.4) is 0 Å². The zero-order valence-corrected chi connectivity index (χ0v) is 23.0. The van der Waals surface area contributed by atoms with Crippen LogP contribution in [0, 0.1) is 0 Å². The lowest BCUT2D eigenvalue weighted by Gasteiger charge is -2.32. The number of carbonyl (C=O) groups excluding carboxylic acids is 1. The van der Waals surface area contributed by atoms with Crippen molar-refractivity contribution in [3.8, 4) is 22.4 Å². The molecule has 9 heteroatoms. The number of thiophene rings is 1. The van der Waals surface area contributed by atoms with E-state index in [1.165, 1.54) is 27.0 Å². The van der Waals surface area contributed by atoms with Crippen LogP contribution in [0.2, 0.25) is 0 Å². The van der Waals surface area contributed by atoms with Crippen molar-refractivity contribution in [1.82, 2.24) is 9.29 Å². The Hall–Kier alpha value is -2.85. The zero-order valence-electron chi connectivity index (χ0n) is 20.6. The first-order valence-corrected chi connectivity index (χ1v) is 15.6. The molecule has 1 saturated heterocycles. The lowest BCUT2D eigenvalue weighted by Crippen LogP contribution is -2.49. The molecule has 0 radical (unpaired) electrons. The third kappa shape index (κ3) is 5.55. The molecule has 0 bridgehead atoms. The maximum absolute atomic E-state index is 13.4. The average molecular weight is 552 g/mol. The number of aryl methyl sites for hydroxylation is 1. The summed E-state index contributed by atoms with van der Waals surface area (Å²) in [4.78, 5) is 19.3. The van der Waals surface area contributed by atoms with Crippen molar-refractivity contribution in [2.45, 2.75) is 49.3 Å². The second kappa shape index (κ2) is 11.3. The second-order valence-electron chi connectivity index (χ2n) is 9.03. The molecule has 1 atom stereocenters. The van der Waals surface area contributed by atoms with E-state index in [1.807, 2.05) is 18.2 Å². The molecule has 192 valence electrons. The summed E-state index contributed by atoms with van der Waals surface area (Å²) in [5.74, 6) is -0.317. The summed E-state index contributed by atoms with van der Waals surface area (Å²) in [6.07, 6.45) is 3.87. The Balaban J connectivity index is 1.38. The number of hydrogen-bond donors (Lipinski definition) is 1. The van der Waals surface area contributed by atoms with Gasteiger partial charge in [-0.25, -0.2) is 13.4 Å². The van der Waals surface area contributed by atoms with Crippen LogP contribution < -0.4 is 5.32 Å². The van der Waals surface area contributed by atoms with Crippen LogP contribution in [0.25, 0.3) is 22.4 Å². The first-order valence-electron chi connectivity index (χ1n) is 12.5. The molecule has 3 heterocycles. The fourth-order valence-corrected chi connectivity index (χ4v) is 8.51. The summed E-state index contributed by atoms with van der Waals surface area (Å²) < 4.78 is 28.1. The predicted molar refractivity (Wildman–Crippen MR) is 151 cm³/mol. The number of nitrogens with zero attached hydrogens (tertiary/aromatic N) is 2. The molecule has 0 aliphatic carbocycles. The van der Waals surface area contributed by atoms with Crippen LogP contribution in [-0.2, 0) is 21.2 Å². The van der Waals surface area contributed by atoms with Crippen molar-refractivity contribution in [2.75, 3.05) is 11.9 Å². The molecule has 6 nitrogen and oxygen atoms in total. The summed E-state index contributed by atoms with van der Waals surface area (Å²) in [5.41, 5.74) is 4.16. The van der Waals surface area contributed by atoms with Gasteiger partial charge in [-0.2, -0.15) is 4.31 Å². The topological polar surface area (TPSA) is 79.4 Å². The monoisotopic (exact) mass is 551 g/mol. The fourth-order valence-electron chi connectivity index (χ4n) is 4.65. The number of benzene rings is 2. The SMILES string of the molecule is CCCc1sc(NC(=O)C2CCCCN2S(=O)(=O)c2cccs2)nc1-c1ccc(-c2ccccc2)cc1. The third-order valence-corrected chi connectivity index (χ3v) is 10.8. The molecule has 1 aliphatic heterocycles. The Kier molecular flexibility index (Phi) is 7.85. The molecule has 4 aromatic rings. The van der Waals surface area contributed by atoms with E-state index in [4.69, 9.17) is 4.98 Å². The summed E-state index contributed by atoms with van der Waals surface area (Å²) in [7, 11) is -3.71. The molecule has 1 aliphatic rings. The highest BCUT2D eigenvalue weighted by atomic mass is 32.2. The lowest BCUT2D eigenvalue weighted by molar-refractivity contribution is -0.120. The lowest BCUT2D eigenvalue weighted by atomic mass is 10.0. The third-order valence-electron chi connectivity index (χ3n) is 6.48. The van der Waals surface area contributed by atoms with Crippen LogP contribution in [0.1, 0.15) is 37.5 Å². The molecular weight excluding hydrogens is 523 g/mol. The number of nitrogens with one attached hydrogen (secondary N) is 1. The smallest absolute Gasteiger partial charge is 0.253 e. The van der Waals surface area contributed by atoms with Crippen LogP contribution >= 0.6 is 22.7 Å². The Morgan fingerprint density at radius 1 is 1.00 bits per heavy atom. The van der Waals surface area contributed by atoms with Crippen LogP contribution in [0.5, 0.6) is 0 Å². The molecule has 1 unspecified atom stereocenters. The molecule has 0 spiro atoms. The summed E-state index contributed by atoms with van der Waals surface area (Å²) in [6.45, 7) is 2.46. The molecule has 0 saturated carbocycles. The Morgan fingerprint density at radius 2 is 1.73 bits per heavy atom. The van der Waals surface area contributed by atoms with E-state index in [0.29, 0.717) is 18.1 Å². The van der Waals surface area contributed by atoms with E-state index < -0.39 is 16.1 Å². The quantitative estimate of drug-likeness (QED) is 0.265. The average Bonchev–Trinajstić information content (AvgIpc) is 3.61. The van der Waals surface area contributed by atoms with Crippen LogP contribution in [-0.4, -0.2) is 36.2 Å². The largest absolute Gasteiger partial charge is 0.301 e. The number of anilines is 1. The first kappa shape index (κ1) is 25.8. The molecule has 1 amide bonds. The van der Waals surface area contributed by atoms with Gasteiger partial charge in [-0.15, -0.1) is 22.7 Å². The molecule has 1 N–H and O–H groups in total. The molecule has 1 fully saturated rings. The van der Waals surface area contributed by atoms with E-state index in [9.17, 15) is 13.2 Å². The van der Waals surface area contributed by atoms with Crippen molar-refractivity contribution >= 4 is 43.7 Å². The van der Waals surface area contributed by atoms with Gasteiger partial charge in [0.1, 0.15) is 10.3 Å². The summed E-state index contributed by atoms with van der Waals surface area (Å²) in [6, 6.07) is 21.1. The van der Waals surface area contributed by atoms with Gasteiger partial charge < -0.3 is 5.32 Å². The van der Waals surface area contributed by atoms with Crippen LogP contribution in [0.4, 0.5) is 5.13 Å². The zero-order chi connectivity index (χ0) is 25.8. The first-order chi connectivity index (χ1) is 18.0. The van der Waals surface area contributed by atoms with Gasteiger partial charge in [0.25, 0.3) is 10.0 Å². The van der Waals surface area contributed by atoms with E-state index >= 15 is 0 Å². The van der Waals surface area contributed by atoms with Crippen molar-refractivity contribution in [1.29, 1.82) is 0 Å². The van der Waals surface area contributed by atoms with Crippen molar-refractivity contribution in [2.24, 2.45) is 0 Å². The Labute approximate surface area is 226 Å². The number of piperidine rings is 1. The number of amides is 1. The van der Waals surface area contributed by atoms with E-state index in [2.05, 4.69) is 48.6 Å². The number of thiazole rings is 1. The standard InChI is InChI=1S/C28H29N3O3S3/c1-2-9-24-26(22-16-14-21(15-17-22)20-10-4-3-5-11-20)29-28(36-24)30-27(32)23-12-6-7-18-31(23)37(33,34)25-13-8-19-35-25/h3-5,8,10-11,13-17,19,23H,2,6-7,9,12,18H2,1H3,(H,29,30,32). The molecule has 37 heavy (non-hydrogen) atoms. The summed E-state index contributed by atoms with van der Waals surface area (Å²) >= 11 is 2.65. The number of rotatable bonds is 8. The van der Waals surface area contributed by atoms with Gasteiger partial charge in [0.2, 0.25) is 5.91 Å². The number of hydrogen-bond acceptors (Lipinski definition) is 6. The molecule has 2 aromatic heterocycles. The van der Waals surface area contributed by atoms with Crippen molar-refractivity contribution < 1.29 is 13.2 Å². The highest BCUT2D eigenvalue weighted by molar-refractivity contribution is 7.91. The van der Waals surface area contributed by atoms with E-state index in [1.54, 1.807) is 17.5 Å². The van der Waals surface area contributed by atoms with Gasteiger partial charge in [-0.1, -0.05) is 80.4 Å². The second-order valence-corrected chi connectivity index (χ2v) is 13.2. The van der Waals surface area contributed by atoms with Gasteiger partial charge in [0.05, 0.1) is 5.69 Å². The van der Waals surface area contributed by atoms with Gasteiger partial charge in [-0.3, -0.25) is 4.79 Å². The van der Waals surface area contributed by atoms with Gasteiger partial charge in [-0.05, 0) is 41.8 Å². The van der Waals surface area contributed by atoms with Crippen molar-refractivity contribution in [3.05, 3.63) is 77.0 Å². The van der Waals surface area contributed by atoms with Crippen molar-refractivity contribution in [3.63, 3.8) is 0 Å². The van der Waals surface area contributed by atoms with E-state index in [-0.39, 0.29) is 10.1 Å². The minimum atomic E-state index is -3.71. The number of sulfonamides is 1. The molecular formula is C28H29N3O3S3. The normalized spacial score (nSPS) is 16.5. The Morgan fingerprint density at radius 3 is 2.43 bits per heavy atom. The fraction of sp³-hybridized carbons (Fsp3) is 0.286. The Bertz CT molecular complexity index is 1450. The number of carbonyl (C=O) groups is 1. The highest BCUT2D eigenvalue weighted by Gasteiger charge is 2.38. The van der Waals surface area contributed by atoms with Gasteiger partial charge >= 0.3 is 0 Å². The van der Waals surface area contributed by atoms with Gasteiger partial charge in [0.15, 0.2) is 5.13 Å². The van der Waals surface area contributed by atoms with Gasteiger partial charge in [0, 0.05) is 17.0 Å².